The molecule has 0 aliphatic carbocycles. The van der Waals surface area contributed by atoms with Gasteiger partial charge in [-0.15, -0.1) is 13.2 Å². The van der Waals surface area contributed by atoms with Crippen molar-refractivity contribution in [3.63, 3.8) is 0 Å². The molecule has 0 aliphatic rings. The van der Waals surface area contributed by atoms with E-state index in [1.807, 2.05) is 30.3 Å². The van der Waals surface area contributed by atoms with Gasteiger partial charge in [0.15, 0.2) is 0 Å². The Morgan fingerprint density at radius 1 is 0.739 bits per heavy atom. The van der Waals surface area contributed by atoms with Crippen molar-refractivity contribution in [3.8, 4) is 28.1 Å². The number of nitrogens with zero attached hydrogens (tertiary/aromatic N) is 1. The summed E-state index contributed by atoms with van der Waals surface area (Å²) in [5.41, 5.74) is 2.60. The van der Waals surface area contributed by atoms with Gasteiger partial charge in [-0.25, -0.2) is 0 Å². The molecule has 0 unspecified atom stereocenters. The fourth-order valence-electron chi connectivity index (χ4n) is 2.25. The van der Waals surface area contributed by atoms with Gasteiger partial charge in [0.1, 0.15) is 5.75 Å². The maximum absolute atomic E-state index is 12.5. The molecule has 23 heavy (non-hydrogen) atoms. The number of halogens is 3. The number of rotatable bonds is 3. The summed E-state index contributed by atoms with van der Waals surface area (Å²) in [6.45, 7) is 0. The van der Waals surface area contributed by atoms with E-state index in [2.05, 4.69) is 9.72 Å². The van der Waals surface area contributed by atoms with E-state index in [0.717, 1.165) is 11.3 Å². The Kier molecular flexibility index (Phi) is 4.02. The molecule has 0 bridgehead atoms. The zero-order chi connectivity index (χ0) is 16.3. The number of hydrogen-bond acceptors (Lipinski definition) is 2. The van der Waals surface area contributed by atoms with E-state index >= 15 is 0 Å². The van der Waals surface area contributed by atoms with Crippen LogP contribution in [0.4, 0.5) is 13.2 Å². The third-order valence-electron chi connectivity index (χ3n) is 3.26. The van der Waals surface area contributed by atoms with E-state index < -0.39 is 6.36 Å². The van der Waals surface area contributed by atoms with Crippen LogP contribution in [-0.4, -0.2) is 11.3 Å². The van der Waals surface area contributed by atoms with Gasteiger partial charge in [-0.2, -0.15) is 0 Å². The van der Waals surface area contributed by atoms with Gasteiger partial charge in [-0.05, 0) is 12.1 Å². The Labute approximate surface area is 131 Å². The van der Waals surface area contributed by atoms with Crippen LogP contribution in [0.25, 0.3) is 22.4 Å². The number of para-hydroxylation sites is 1. The minimum absolute atomic E-state index is 0.241. The Balaban J connectivity index is 1.94. The van der Waals surface area contributed by atoms with Gasteiger partial charge in [0.05, 0.1) is 5.69 Å². The highest BCUT2D eigenvalue weighted by Gasteiger charge is 2.32. The molecular formula is C18H12F3NO. The molecule has 2 aromatic carbocycles. The molecule has 0 saturated heterocycles. The number of benzene rings is 2. The first-order valence-corrected chi connectivity index (χ1v) is 6.89. The second-order valence-electron chi connectivity index (χ2n) is 4.84. The van der Waals surface area contributed by atoms with Crippen LogP contribution in [-0.2, 0) is 0 Å². The van der Waals surface area contributed by atoms with E-state index in [4.69, 9.17) is 0 Å². The van der Waals surface area contributed by atoms with Crippen LogP contribution >= 0.6 is 0 Å². The first-order valence-electron chi connectivity index (χ1n) is 6.89. The number of hydrogen-bond donors (Lipinski definition) is 0. The van der Waals surface area contributed by atoms with E-state index in [1.165, 1.54) is 12.1 Å². The molecule has 0 amide bonds. The topological polar surface area (TPSA) is 22.1 Å². The fourth-order valence-corrected chi connectivity index (χ4v) is 2.25. The molecule has 0 aliphatic heterocycles. The SMILES string of the molecule is FC(F)(F)Oc1ccccc1-c1ccc(-c2ccccc2)nc1. The molecule has 3 aromatic rings. The summed E-state index contributed by atoms with van der Waals surface area (Å²) < 4.78 is 41.5. The molecule has 3 rings (SSSR count). The minimum Gasteiger partial charge on any atom is -0.405 e. The molecule has 0 N–H and O–H groups in total. The monoisotopic (exact) mass is 315 g/mol. The van der Waals surface area contributed by atoms with Crippen molar-refractivity contribution in [3.05, 3.63) is 72.9 Å². The smallest absolute Gasteiger partial charge is 0.405 e. The average Bonchev–Trinajstić information content (AvgIpc) is 2.55. The van der Waals surface area contributed by atoms with Gasteiger partial charge >= 0.3 is 6.36 Å². The van der Waals surface area contributed by atoms with Crippen molar-refractivity contribution in [2.75, 3.05) is 0 Å². The molecule has 116 valence electrons. The molecular weight excluding hydrogens is 303 g/mol. The second-order valence-corrected chi connectivity index (χ2v) is 4.84. The Bertz CT molecular complexity index is 783. The lowest BCUT2D eigenvalue weighted by Crippen LogP contribution is -2.17. The number of alkyl halides is 3. The molecule has 0 spiro atoms. The summed E-state index contributed by atoms with van der Waals surface area (Å²) in [7, 11) is 0. The number of pyridine rings is 1. The highest BCUT2D eigenvalue weighted by atomic mass is 19.4. The maximum Gasteiger partial charge on any atom is 0.573 e. The van der Waals surface area contributed by atoms with Crippen molar-refractivity contribution in [1.82, 2.24) is 4.98 Å². The largest absolute Gasteiger partial charge is 0.573 e. The third kappa shape index (κ3) is 3.69. The number of ether oxygens (including phenoxy) is 1. The highest BCUT2D eigenvalue weighted by molar-refractivity contribution is 5.71. The predicted octanol–water partition coefficient (Wildman–Crippen LogP) is 5.31. The molecule has 2 nitrogen and oxygen atoms in total. The van der Waals surface area contributed by atoms with E-state index in [-0.39, 0.29) is 5.75 Å². The van der Waals surface area contributed by atoms with E-state index in [9.17, 15) is 13.2 Å². The summed E-state index contributed by atoms with van der Waals surface area (Å²) in [6.07, 6.45) is -3.19. The lowest BCUT2D eigenvalue weighted by Gasteiger charge is -2.13. The lowest BCUT2D eigenvalue weighted by molar-refractivity contribution is -0.274. The predicted molar refractivity (Wildman–Crippen MR) is 81.8 cm³/mol. The normalized spacial score (nSPS) is 11.3. The molecule has 0 atom stereocenters. The van der Waals surface area contributed by atoms with Crippen LogP contribution in [0.1, 0.15) is 0 Å². The Hall–Kier alpha value is -2.82. The van der Waals surface area contributed by atoms with Crippen molar-refractivity contribution >= 4 is 0 Å². The molecule has 0 radical (unpaired) electrons. The molecule has 0 fully saturated rings. The first kappa shape index (κ1) is 15.1. The van der Waals surface area contributed by atoms with Gasteiger partial charge < -0.3 is 4.74 Å². The average molecular weight is 315 g/mol. The standard InChI is InChI=1S/C18H12F3NO/c19-18(20,21)23-17-9-5-4-8-15(17)14-10-11-16(22-12-14)13-6-2-1-3-7-13/h1-12H. The van der Waals surface area contributed by atoms with Crippen molar-refractivity contribution in [1.29, 1.82) is 0 Å². The third-order valence-corrected chi connectivity index (χ3v) is 3.26. The fraction of sp³-hybridized carbons (Fsp3) is 0.0556. The van der Waals surface area contributed by atoms with Crippen molar-refractivity contribution < 1.29 is 17.9 Å². The van der Waals surface area contributed by atoms with Crippen LogP contribution in [0.2, 0.25) is 0 Å². The minimum atomic E-state index is -4.73. The quantitative estimate of drug-likeness (QED) is 0.653. The maximum atomic E-state index is 12.5. The zero-order valence-electron chi connectivity index (χ0n) is 11.9. The lowest BCUT2D eigenvalue weighted by atomic mass is 10.0. The van der Waals surface area contributed by atoms with Gasteiger partial charge in [0, 0.05) is 22.9 Å². The first-order chi connectivity index (χ1) is 11.0. The van der Waals surface area contributed by atoms with Gasteiger partial charge in [0.25, 0.3) is 0 Å². The van der Waals surface area contributed by atoms with E-state index in [0.29, 0.717) is 11.1 Å². The van der Waals surface area contributed by atoms with Gasteiger partial charge in [-0.1, -0.05) is 54.6 Å². The molecule has 1 heterocycles. The van der Waals surface area contributed by atoms with Crippen LogP contribution in [0.15, 0.2) is 72.9 Å². The summed E-state index contributed by atoms with van der Waals surface area (Å²) in [5, 5.41) is 0. The number of aromatic nitrogens is 1. The summed E-state index contributed by atoms with van der Waals surface area (Å²) in [5.74, 6) is -0.241. The molecule has 5 heteroatoms. The van der Waals surface area contributed by atoms with Crippen LogP contribution in [0, 0.1) is 0 Å². The Morgan fingerprint density at radius 2 is 1.43 bits per heavy atom. The summed E-state index contributed by atoms with van der Waals surface area (Å²) in [6, 6.07) is 19.1. The Morgan fingerprint density at radius 3 is 2.09 bits per heavy atom. The van der Waals surface area contributed by atoms with Crippen LogP contribution in [0.5, 0.6) is 5.75 Å². The summed E-state index contributed by atoms with van der Waals surface area (Å²) in [4.78, 5) is 4.33. The van der Waals surface area contributed by atoms with Crippen LogP contribution < -0.4 is 4.74 Å². The zero-order valence-corrected chi connectivity index (χ0v) is 11.9. The molecule has 1 aromatic heterocycles. The van der Waals surface area contributed by atoms with E-state index in [1.54, 1.807) is 30.5 Å². The van der Waals surface area contributed by atoms with Gasteiger partial charge in [0.2, 0.25) is 0 Å². The highest BCUT2D eigenvalue weighted by Crippen LogP contribution is 2.33. The van der Waals surface area contributed by atoms with Gasteiger partial charge in [-0.3, -0.25) is 4.98 Å². The summed E-state index contributed by atoms with van der Waals surface area (Å²) >= 11 is 0. The molecule has 0 saturated carbocycles. The van der Waals surface area contributed by atoms with Crippen molar-refractivity contribution in [2.45, 2.75) is 6.36 Å². The van der Waals surface area contributed by atoms with Crippen molar-refractivity contribution in [2.24, 2.45) is 0 Å². The van der Waals surface area contributed by atoms with Crippen LogP contribution in [0.3, 0.4) is 0 Å². The second kappa shape index (κ2) is 6.12.